The van der Waals surface area contributed by atoms with Crippen molar-refractivity contribution in [1.29, 1.82) is 0 Å². The zero-order valence-electron chi connectivity index (χ0n) is 11.2. The normalized spacial score (nSPS) is 12.3. The maximum Gasteiger partial charge on any atom is 0.109 e. The van der Waals surface area contributed by atoms with E-state index >= 15 is 0 Å². The van der Waals surface area contributed by atoms with Crippen molar-refractivity contribution >= 4 is 32.5 Å². The molecule has 0 fully saturated rings. The molecule has 3 rings (SSSR count). The summed E-state index contributed by atoms with van der Waals surface area (Å²) in [6.45, 7) is 8.83. The summed E-state index contributed by atoms with van der Waals surface area (Å²) < 4.78 is 1.35. The molecule has 0 spiro atoms. The molecule has 0 amide bonds. The molecule has 3 heteroatoms. The van der Waals surface area contributed by atoms with Crippen LogP contribution < -0.4 is 0 Å². The number of hydrogen-bond acceptors (Lipinski definition) is 2. The molecule has 0 saturated carbocycles. The van der Waals surface area contributed by atoms with Crippen molar-refractivity contribution in [3.05, 3.63) is 28.9 Å². The van der Waals surface area contributed by atoms with E-state index in [1.165, 1.54) is 20.5 Å². The Labute approximate surface area is 111 Å². The maximum absolute atomic E-state index is 4.67. The van der Waals surface area contributed by atoms with Gasteiger partial charge in [0, 0.05) is 20.9 Å². The Morgan fingerprint density at radius 2 is 1.89 bits per heavy atom. The molecule has 2 nitrogen and oxygen atoms in total. The predicted molar refractivity (Wildman–Crippen MR) is 79.7 cm³/mol. The van der Waals surface area contributed by atoms with Gasteiger partial charge in [0.25, 0.3) is 0 Å². The Bertz CT molecular complexity index is 642. The van der Waals surface area contributed by atoms with Gasteiger partial charge in [-0.3, -0.25) is 0 Å². The van der Waals surface area contributed by atoms with Crippen molar-refractivity contribution < 1.29 is 0 Å². The Balaban J connectivity index is 2.30. The van der Waals surface area contributed by atoms with Crippen LogP contribution in [0.25, 0.3) is 21.1 Å². The van der Waals surface area contributed by atoms with Crippen LogP contribution in [0.15, 0.2) is 18.2 Å². The number of hydrogen-bond donors (Lipinski definition) is 1. The molecule has 2 heterocycles. The Morgan fingerprint density at radius 1 is 1.11 bits per heavy atom. The van der Waals surface area contributed by atoms with Crippen molar-refractivity contribution in [2.24, 2.45) is 0 Å². The first-order valence-electron chi connectivity index (χ1n) is 6.48. The van der Waals surface area contributed by atoms with E-state index in [2.05, 4.69) is 55.9 Å². The van der Waals surface area contributed by atoms with Crippen LogP contribution in [0, 0.1) is 0 Å². The average molecular weight is 258 g/mol. The van der Waals surface area contributed by atoms with Gasteiger partial charge in [-0.1, -0.05) is 27.7 Å². The summed E-state index contributed by atoms with van der Waals surface area (Å²) >= 11 is 1.89. The van der Waals surface area contributed by atoms with Crippen LogP contribution in [-0.4, -0.2) is 9.97 Å². The van der Waals surface area contributed by atoms with Crippen molar-refractivity contribution in [2.75, 3.05) is 0 Å². The van der Waals surface area contributed by atoms with Crippen molar-refractivity contribution in [3.8, 4) is 0 Å². The van der Waals surface area contributed by atoms with E-state index < -0.39 is 0 Å². The molecule has 0 atom stereocenters. The molecule has 0 radical (unpaired) electrons. The number of nitrogens with zero attached hydrogens (tertiary/aromatic N) is 1. The summed E-state index contributed by atoms with van der Waals surface area (Å²) in [5.41, 5.74) is 2.28. The molecular formula is C15H18N2S. The smallest absolute Gasteiger partial charge is 0.109 e. The van der Waals surface area contributed by atoms with E-state index in [0.29, 0.717) is 11.8 Å². The highest BCUT2D eigenvalue weighted by molar-refractivity contribution is 7.19. The number of imidazole rings is 1. The maximum atomic E-state index is 4.67. The number of benzene rings is 1. The Kier molecular flexibility index (Phi) is 2.67. The van der Waals surface area contributed by atoms with E-state index in [0.717, 1.165) is 11.3 Å². The SMILES string of the molecule is CC(C)c1nc2ccc3sc(C(C)C)cc3c2[nH]1. The standard InChI is InChI=1S/C15H18N2S/c1-8(2)13-7-10-12(18-13)6-5-11-14(10)17-15(16-11)9(3)4/h5-9H,1-4H3,(H,16,17). The lowest BCUT2D eigenvalue weighted by Gasteiger charge is -1.96. The molecule has 1 N–H and O–H groups in total. The van der Waals surface area contributed by atoms with Gasteiger partial charge in [-0.2, -0.15) is 0 Å². The number of aromatic amines is 1. The van der Waals surface area contributed by atoms with Gasteiger partial charge in [0.05, 0.1) is 11.0 Å². The monoisotopic (exact) mass is 258 g/mol. The number of aromatic nitrogens is 2. The number of thiophene rings is 1. The molecule has 0 unspecified atom stereocenters. The quantitative estimate of drug-likeness (QED) is 0.686. The summed E-state index contributed by atoms with van der Waals surface area (Å²) in [6.07, 6.45) is 0. The minimum Gasteiger partial charge on any atom is -0.341 e. The largest absolute Gasteiger partial charge is 0.341 e. The fraction of sp³-hybridized carbons (Fsp3) is 0.400. The second-order valence-electron chi connectivity index (χ2n) is 5.45. The first-order chi connectivity index (χ1) is 8.56. The Hall–Kier alpha value is -1.35. The zero-order chi connectivity index (χ0) is 12.9. The number of rotatable bonds is 2. The van der Waals surface area contributed by atoms with E-state index in [-0.39, 0.29) is 0 Å². The van der Waals surface area contributed by atoms with Crippen LogP contribution >= 0.6 is 11.3 Å². The van der Waals surface area contributed by atoms with E-state index in [9.17, 15) is 0 Å². The third kappa shape index (κ3) is 1.74. The zero-order valence-corrected chi connectivity index (χ0v) is 12.1. The molecule has 0 aliphatic carbocycles. The van der Waals surface area contributed by atoms with Crippen molar-refractivity contribution in [1.82, 2.24) is 9.97 Å². The molecule has 1 aromatic carbocycles. The van der Waals surface area contributed by atoms with Crippen molar-refractivity contribution in [2.45, 2.75) is 39.5 Å². The van der Waals surface area contributed by atoms with Gasteiger partial charge in [0.2, 0.25) is 0 Å². The third-order valence-corrected chi connectivity index (χ3v) is 4.71. The number of H-pyrrole nitrogens is 1. The average Bonchev–Trinajstić information content (AvgIpc) is 2.91. The molecule has 2 aromatic heterocycles. The lowest BCUT2D eigenvalue weighted by molar-refractivity contribution is 0.799. The lowest BCUT2D eigenvalue weighted by Crippen LogP contribution is -1.88. The third-order valence-electron chi connectivity index (χ3n) is 3.31. The van der Waals surface area contributed by atoms with Crippen LogP contribution in [0.2, 0.25) is 0 Å². The fourth-order valence-corrected chi connectivity index (χ4v) is 3.26. The molecule has 18 heavy (non-hydrogen) atoms. The first kappa shape index (κ1) is 11.7. The molecule has 0 aliphatic rings. The van der Waals surface area contributed by atoms with Crippen molar-refractivity contribution in [3.63, 3.8) is 0 Å². The summed E-state index contributed by atoms with van der Waals surface area (Å²) in [5, 5.41) is 1.32. The molecule has 0 saturated heterocycles. The summed E-state index contributed by atoms with van der Waals surface area (Å²) in [4.78, 5) is 9.59. The van der Waals surface area contributed by atoms with Crippen LogP contribution in [0.4, 0.5) is 0 Å². The lowest BCUT2D eigenvalue weighted by atomic mass is 10.1. The van der Waals surface area contributed by atoms with Crippen LogP contribution in [-0.2, 0) is 0 Å². The van der Waals surface area contributed by atoms with Crippen LogP contribution in [0.5, 0.6) is 0 Å². The second kappa shape index (κ2) is 4.09. The van der Waals surface area contributed by atoms with Gasteiger partial charge in [-0.15, -0.1) is 11.3 Å². The summed E-state index contributed by atoms with van der Waals surface area (Å²) in [6, 6.07) is 6.63. The topological polar surface area (TPSA) is 28.7 Å². The predicted octanol–water partition coefficient (Wildman–Crippen LogP) is 5.02. The number of nitrogens with one attached hydrogen (secondary N) is 1. The van der Waals surface area contributed by atoms with E-state index in [1.807, 2.05) is 11.3 Å². The highest BCUT2D eigenvalue weighted by Crippen LogP contribution is 2.34. The minimum atomic E-state index is 0.440. The Morgan fingerprint density at radius 3 is 2.56 bits per heavy atom. The molecule has 94 valence electrons. The van der Waals surface area contributed by atoms with Gasteiger partial charge in [0.15, 0.2) is 0 Å². The second-order valence-corrected chi connectivity index (χ2v) is 6.57. The highest BCUT2D eigenvalue weighted by atomic mass is 32.1. The van der Waals surface area contributed by atoms with Crippen LogP contribution in [0.1, 0.15) is 50.2 Å². The van der Waals surface area contributed by atoms with Gasteiger partial charge >= 0.3 is 0 Å². The van der Waals surface area contributed by atoms with E-state index in [4.69, 9.17) is 0 Å². The first-order valence-corrected chi connectivity index (χ1v) is 7.30. The van der Waals surface area contributed by atoms with Gasteiger partial charge in [-0.25, -0.2) is 4.98 Å². The molecule has 0 aliphatic heterocycles. The fourth-order valence-electron chi connectivity index (χ4n) is 2.19. The minimum absolute atomic E-state index is 0.440. The van der Waals surface area contributed by atoms with E-state index in [1.54, 1.807) is 0 Å². The highest BCUT2D eigenvalue weighted by Gasteiger charge is 2.12. The van der Waals surface area contributed by atoms with Gasteiger partial charge in [-0.05, 0) is 24.1 Å². The van der Waals surface area contributed by atoms with Gasteiger partial charge in [0.1, 0.15) is 5.82 Å². The molecular weight excluding hydrogens is 240 g/mol. The summed E-state index contributed by atoms with van der Waals surface area (Å²) in [5.74, 6) is 2.11. The number of fused-ring (bicyclic) bond motifs is 3. The summed E-state index contributed by atoms with van der Waals surface area (Å²) in [7, 11) is 0. The molecule has 0 bridgehead atoms. The molecule has 3 aromatic rings. The van der Waals surface area contributed by atoms with Crippen LogP contribution in [0.3, 0.4) is 0 Å². The van der Waals surface area contributed by atoms with Gasteiger partial charge < -0.3 is 4.98 Å².